The molecule has 0 saturated heterocycles. The highest BCUT2D eigenvalue weighted by Crippen LogP contribution is 2.15. The van der Waals surface area contributed by atoms with Crippen LogP contribution in [-0.2, 0) is 4.74 Å². The van der Waals surface area contributed by atoms with Gasteiger partial charge < -0.3 is 19.0 Å². The highest BCUT2D eigenvalue weighted by molar-refractivity contribution is 5.91. The van der Waals surface area contributed by atoms with Crippen LogP contribution in [0, 0.1) is 12.8 Å². The molecule has 6 heteroatoms. The molecule has 2 rings (SSSR count). The Balaban J connectivity index is 2.00. The van der Waals surface area contributed by atoms with Crippen molar-refractivity contribution in [2.45, 2.75) is 26.8 Å². The van der Waals surface area contributed by atoms with Gasteiger partial charge in [0.2, 0.25) is 5.76 Å². The summed E-state index contributed by atoms with van der Waals surface area (Å²) in [5, 5.41) is 6.53. The molecule has 0 saturated carbocycles. The van der Waals surface area contributed by atoms with E-state index in [0.717, 1.165) is 0 Å². The van der Waals surface area contributed by atoms with Gasteiger partial charge in [0.05, 0.1) is 18.6 Å². The van der Waals surface area contributed by atoms with E-state index in [1.165, 1.54) is 0 Å². The normalized spacial score (nSPS) is 12.6. The first kappa shape index (κ1) is 15.3. The predicted molar refractivity (Wildman–Crippen MR) is 75.8 cm³/mol. The number of amides is 1. The number of aryl methyl sites for hydroxylation is 1. The molecule has 0 aromatic carbocycles. The van der Waals surface area contributed by atoms with E-state index in [-0.39, 0.29) is 17.7 Å². The maximum absolute atomic E-state index is 12.1. The van der Waals surface area contributed by atoms with Gasteiger partial charge in [0.1, 0.15) is 11.8 Å². The number of nitrogens with zero attached hydrogens (tertiary/aromatic N) is 1. The number of aromatic nitrogens is 1. The highest BCUT2D eigenvalue weighted by atomic mass is 16.5. The largest absolute Gasteiger partial charge is 0.467 e. The summed E-state index contributed by atoms with van der Waals surface area (Å²) in [7, 11) is 0. The Hall–Kier alpha value is -2.08. The minimum atomic E-state index is -0.364. The molecule has 0 aliphatic carbocycles. The molecule has 1 atom stereocenters. The SMILES string of the molecule is Cc1cc(C(=O)N[C@H](COCC(C)C)c2ccco2)on1. The van der Waals surface area contributed by atoms with Gasteiger partial charge in [-0.05, 0) is 25.0 Å². The molecule has 0 unspecified atom stereocenters. The van der Waals surface area contributed by atoms with E-state index in [2.05, 4.69) is 24.3 Å². The fourth-order valence-corrected chi connectivity index (χ4v) is 1.81. The zero-order valence-electron chi connectivity index (χ0n) is 12.5. The number of hydrogen-bond donors (Lipinski definition) is 1. The molecule has 1 N–H and O–H groups in total. The summed E-state index contributed by atoms with van der Waals surface area (Å²) >= 11 is 0. The Bertz CT molecular complexity index is 560. The highest BCUT2D eigenvalue weighted by Gasteiger charge is 2.21. The number of carbonyl (C=O) groups is 1. The summed E-state index contributed by atoms with van der Waals surface area (Å²) in [4.78, 5) is 12.1. The summed E-state index contributed by atoms with van der Waals surface area (Å²) < 4.78 is 15.9. The van der Waals surface area contributed by atoms with Gasteiger partial charge in [-0.15, -0.1) is 0 Å². The van der Waals surface area contributed by atoms with Gasteiger partial charge in [-0.3, -0.25) is 4.79 Å². The van der Waals surface area contributed by atoms with E-state index >= 15 is 0 Å². The molecular formula is C15H20N2O4. The van der Waals surface area contributed by atoms with Crippen LogP contribution < -0.4 is 5.32 Å². The lowest BCUT2D eigenvalue weighted by molar-refractivity contribution is 0.0710. The maximum atomic E-state index is 12.1. The number of ether oxygens (including phenoxy) is 1. The van der Waals surface area contributed by atoms with Gasteiger partial charge in [-0.1, -0.05) is 19.0 Å². The standard InChI is InChI=1S/C15H20N2O4/c1-10(2)8-19-9-12(13-5-4-6-20-13)16-15(18)14-7-11(3)17-21-14/h4-7,10,12H,8-9H2,1-3H3,(H,16,18)/t12-/m1/s1. The van der Waals surface area contributed by atoms with Gasteiger partial charge in [-0.25, -0.2) is 0 Å². The van der Waals surface area contributed by atoms with Crippen molar-refractivity contribution in [2.75, 3.05) is 13.2 Å². The molecule has 0 fully saturated rings. The van der Waals surface area contributed by atoms with Gasteiger partial charge >= 0.3 is 0 Å². The first-order valence-electron chi connectivity index (χ1n) is 6.91. The molecule has 2 heterocycles. The lowest BCUT2D eigenvalue weighted by Crippen LogP contribution is -2.31. The second-order valence-corrected chi connectivity index (χ2v) is 5.31. The minimum absolute atomic E-state index is 0.174. The molecule has 6 nitrogen and oxygen atoms in total. The quantitative estimate of drug-likeness (QED) is 0.849. The van der Waals surface area contributed by atoms with Crippen molar-refractivity contribution in [1.29, 1.82) is 0 Å². The lowest BCUT2D eigenvalue weighted by atomic mass is 10.2. The molecule has 2 aromatic heterocycles. The topological polar surface area (TPSA) is 77.5 Å². The second kappa shape index (κ2) is 7.08. The van der Waals surface area contributed by atoms with Crippen LogP contribution in [-0.4, -0.2) is 24.3 Å². The first-order chi connectivity index (χ1) is 10.1. The molecule has 21 heavy (non-hydrogen) atoms. The minimum Gasteiger partial charge on any atom is -0.467 e. The van der Waals surface area contributed by atoms with Gasteiger partial charge in [-0.2, -0.15) is 0 Å². The average Bonchev–Trinajstić information content (AvgIpc) is 3.08. The second-order valence-electron chi connectivity index (χ2n) is 5.31. The smallest absolute Gasteiger partial charge is 0.290 e. The Labute approximate surface area is 123 Å². The zero-order valence-corrected chi connectivity index (χ0v) is 12.5. The molecule has 0 bridgehead atoms. The molecular weight excluding hydrogens is 272 g/mol. The van der Waals surface area contributed by atoms with Crippen molar-refractivity contribution in [3.05, 3.63) is 41.7 Å². The monoisotopic (exact) mass is 292 g/mol. The van der Waals surface area contributed by atoms with Crippen LogP contribution in [0.3, 0.4) is 0 Å². The molecule has 0 radical (unpaired) electrons. The average molecular weight is 292 g/mol. The third kappa shape index (κ3) is 4.46. The summed E-state index contributed by atoms with van der Waals surface area (Å²) in [5.41, 5.74) is 0.658. The van der Waals surface area contributed by atoms with Crippen molar-refractivity contribution in [2.24, 2.45) is 5.92 Å². The van der Waals surface area contributed by atoms with E-state index in [9.17, 15) is 4.79 Å². The van der Waals surface area contributed by atoms with E-state index in [1.807, 2.05) is 0 Å². The van der Waals surface area contributed by atoms with Crippen molar-refractivity contribution in [1.82, 2.24) is 10.5 Å². The van der Waals surface area contributed by atoms with Crippen LogP contribution in [0.15, 0.2) is 33.4 Å². The Morgan fingerprint density at radius 1 is 1.43 bits per heavy atom. The molecule has 0 spiro atoms. The van der Waals surface area contributed by atoms with Crippen LogP contribution in [0.4, 0.5) is 0 Å². The van der Waals surface area contributed by atoms with E-state index in [1.54, 1.807) is 31.4 Å². The summed E-state index contributed by atoms with van der Waals surface area (Å²) in [6.07, 6.45) is 1.57. The van der Waals surface area contributed by atoms with Crippen molar-refractivity contribution in [3.8, 4) is 0 Å². The summed E-state index contributed by atoms with van der Waals surface area (Å²) in [5.74, 6) is 0.899. The van der Waals surface area contributed by atoms with E-state index < -0.39 is 0 Å². The van der Waals surface area contributed by atoms with Gasteiger partial charge in [0.25, 0.3) is 5.91 Å². The van der Waals surface area contributed by atoms with Crippen LogP contribution in [0.5, 0.6) is 0 Å². The third-order valence-electron chi connectivity index (χ3n) is 2.78. The fourth-order valence-electron chi connectivity index (χ4n) is 1.81. The molecule has 2 aromatic rings. The van der Waals surface area contributed by atoms with Crippen LogP contribution >= 0.6 is 0 Å². The number of nitrogens with one attached hydrogen (secondary N) is 1. The van der Waals surface area contributed by atoms with Gasteiger partial charge in [0.15, 0.2) is 0 Å². The van der Waals surface area contributed by atoms with Crippen LogP contribution in [0.1, 0.15) is 41.9 Å². The van der Waals surface area contributed by atoms with Crippen molar-refractivity contribution >= 4 is 5.91 Å². The van der Waals surface area contributed by atoms with Crippen LogP contribution in [0.2, 0.25) is 0 Å². The van der Waals surface area contributed by atoms with E-state index in [4.69, 9.17) is 13.7 Å². The maximum Gasteiger partial charge on any atom is 0.290 e. The van der Waals surface area contributed by atoms with E-state index in [0.29, 0.717) is 30.6 Å². The number of hydrogen-bond acceptors (Lipinski definition) is 5. The van der Waals surface area contributed by atoms with Crippen molar-refractivity contribution < 1.29 is 18.5 Å². The summed E-state index contributed by atoms with van der Waals surface area (Å²) in [6, 6.07) is 4.80. The molecule has 0 aliphatic rings. The fraction of sp³-hybridized carbons (Fsp3) is 0.467. The number of furan rings is 1. The zero-order chi connectivity index (χ0) is 15.2. The molecule has 114 valence electrons. The first-order valence-corrected chi connectivity index (χ1v) is 6.91. The van der Waals surface area contributed by atoms with Crippen molar-refractivity contribution in [3.63, 3.8) is 0 Å². The molecule has 0 aliphatic heterocycles. The third-order valence-corrected chi connectivity index (χ3v) is 2.78. The Morgan fingerprint density at radius 2 is 2.24 bits per heavy atom. The lowest BCUT2D eigenvalue weighted by Gasteiger charge is -2.16. The van der Waals surface area contributed by atoms with Gasteiger partial charge in [0, 0.05) is 12.7 Å². The Kier molecular flexibility index (Phi) is 5.16. The number of carbonyl (C=O) groups excluding carboxylic acids is 1. The predicted octanol–water partition coefficient (Wildman–Crippen LogP) is 2.72. The number of rotatable bonds is 7. The van der Waals surface area contributed by atoms with Crippen LogP contribution in [0.25, 0.3) is 0 Å². The Morgan fingerprint density at radius 3 is 2.81 bits per heavy atom. The molecule has 1 amide bonds. The summed E-state index contributed by atoms with van der Waals surface area (Å²) in [6.45, 7) is 6.85.